The lowest BCUT2D eigenvalue weighted by atomic mass is 10.1. The zero-order valence-corrected chi connectivity index (χ0v) is 12.4. The van der Waals surface area contributed by atoms with E-state index in [4.69, 9.17) is 0 Å². The van der Waals surface area contributed by atoms with Gasteiger partial charge in [0.25, 0.3) is 0 Å². The second-order valence-electron chi connectivity index (χ2n) is 5.08. The van der Waals surface area contributed by atoms with E-state index in [1.54, 1.807) is 6.33 Å². The fourth-order valence-corrected chi connectivity index (χ4v) is 2.62. The lowest BCUT2D eigenvalue weighted by molar-refractivity contribution is 0.518. The molecule has 0 aliphatic carbocycles. The van der Waals surface area contributed by atoms with Crippen LogP contribution in [-0.4, -0.2) is 31.4 Å². The Bertz CT molecular complexity index is 714. The van der Waals surface area contributed by atoms with E-state index >= 15 is 0 Å². The van der Waals surface area contributed by atoms with Gasteiger partial charge < -0.3 is 5.32 Å². The molecule has 0 spiro atoms. The van der Waals surface area contributed by atoms with Gasteiger partial charge in [0.1, 0.15) is 12.2 Å². The predicted molar refractivity (Wildman–Crippen MR) is 81.0 cm³/mol. The Hall–Kier alpha value is -2.21. The molecule has 0 amide bonds. The third-order valence-electron chi connectivity index (χ3n) is 3.70. The fraction of sp³-hybridized carbons (Fsp3) is 0.400. The van der Waals surface area contributed by atoms with Crippen molar-refractivity contribution in [1.82, 2.24) is 29.7 Å². The summed E-state index contributed by atoms with van der Waals surface area (Å²) in [5.74, 6) is 1.01. The van der Waals surface area contributed by atoms with E-state index in [1.165, 1.54) is 5.56 Å². The average molecular weight is 284 g/mol. The molecule has 6 heteroatoms. The molecule has 6 nitrogen and oxygen atoms in total. The van der Waals surface area contributed by atoms with Crippen LogP contribution in [0.15, 0.2) is 36.9 Å². The Kier molecular flexibility index (Phi) is 3.96. The minimum absolute atomic E-state index is 0.171. The van der Waals surface area contributed by atoms with Gasteiger partial charge in [-0.05, 0) is 25.6 Å². The van der Waals surface area contributed by atoms with Crippen LogP contribution in [0.5, 0.6) is 0 Å². The van der Waals surface area contributed by atoms with Crippen molar-refractivity contribution in [3.8, 4) is 0 Å². The summed E-state index contributed by atoms with van der Waals surface area (Å²) in [6, 6.07) is 6.27. The molecular formula is C15H20N6. The molecule has 0 fully saturated rings. The number of nitrogens with zero attached hydrogens (tertiary/aromatic N) is 5. The van der Waals surface area contributed by atoms with Crippen LogP contribution in [0.3, 0.4) is 0 Å². The van der Waals surface area contributed by atoms with Gasteiger partial charge in [-0.3, -0.25) is 4.68 Å². The molecule has 3 heterocycles. The van der Waals surface area contributed by atoms with E-state index < -0.39 is 0 Å². The quantitative estimate of drug-likeness (QED) is 0.750. The zero-order valence-electron chi connectivity index (χ0n) is 12.4. The number of hydrogen-bond donors (Lipinski definition) is 1. The molecule has 0 aliphatic rings. The second kappa shape index (κ2) is 6.05. The highest BCUT2D eigenvalue weighted by Gasteiger charge is 2.17. The summed E-state index contributed by atoms with van der Waals surface area (Å²) in [7, 11) is 1.97. The van der Waals surface area contributed by atoms with Crippen molar-refractivity contribution in [3.05, 3.63) is 48.3 Å². The molecular weight excluding hydrogens is 264 g/mol. The first-order chi connectivity index (χ1) is 10.3. The molecule has 0 saturated carbocycles. The first-order valence-corrected chi connectivity index (χ1v) is 7.29. The van der Waals surface area contributed by atoms with Gasteiger partial charge in [-0.25, -0.2) is 9.50 Å². The van der Waals surface area contributed by atoms with Crippen molar-refractivity contribution in [2.45, 2.75) is 32.4 Å². The highest BCUT2D eigenvalue weighted by Crippen LogP contribution is 2.21. The molecule has 1 N–H and O–H groups in total. The van der Waals surface area contributed by atoms with Crippen molar-refractivity contribution in [1.29, 1.82) is 0 Å². The monoisotopic (exact) mass is 284 g/mol. The Morgan fingerprint density at radius 2 is 2.19 bits per heavy atom. The van der Waals surface area contributed by atoms with Crippen LogP contribution in [0.1, 0.15) is 30.8 Å². The highest BCUT2D eigenvalue weighted by atomic mass is 15.3. The predicted octanol–water partition coefficient (Wildman–Crippen LogP) is 1.84. The topological polar surface area (TPSA) is 60.0 Å². The number of aromatic nitrogens is 5. The maximum atomic E-state index is 4.41. The lowest BCUT2D eigenvalue weighted by Gasteiger charge is -2.15. The molecule has 0 aromatic carbocycles. The summed E-state index contributed by atoms with van der Waals surface area (Å²) in [6.45, 7) is 3.05. The fourth-order valence-electron chi connectivity index (χ4n) is 2.62. The smallest absolute Gasteiger partial charge is 0.138 e. The number of rotatable bonds is 6. The van der Waals surface area contributed by atoms with E-state index in [9.17, 15) is 0 Å². The van der Waals surface area contributed by atoms with Gasteiger partial charge in [-0.1, -0.05) is 13.0 Å². The number of nitrogens with one attached hydrogen (secondary N) is 1. The Labute approximate surface area is 123 Å². The summed E-state index contributed by atoms with van der Waals surface area (Å²) >= 11 is 0. The van der Waals surface area contributed by atoms with Gasteiger partial charge >= 0.3 is 0 Å². The average Bonchev–Trinajstić information content (AvgIpc) is 3.12. The van der Waals surface area contributed by atoms with E-state index in [0.29, 0.717) is 0 Å². The number of fused-ring (bicyclic) bond motifs is 1. The first-order valence-electron chi connectivity index (χ1n) is 7.29. The molecule has 0 bridgehead atoms. The van der Waals surface area contributed by atoms with Gasteiger partial charge in [0.15, 0.2) is 0 Å². The lowest BCUT2D eigenvalue weighted by Crippen LogP contribution is -2.21. The van der Waals surface area contributed by atoms with Gasteiger partial charge in [-0.15, -0.1) is 0 Å². The summed E-state index contributed by atoms with van der Waals surface area (Å²) in [5, 5.41) is 12.1. The number of pyridine rings is 1. The molecule has 0 radical (unpaired) electrons. The standard InChI is InChI=1S/C15H20N6/c1-3-7-21-15(17-11-19-21)9-13(16-2)12-10-18-20-8-5-4-6-14(12)20/h4-6,8,10-11,13,16H,3,7,9H2,1-2H3. The van der Waals surface area contributed by atoms with Crippen LogP contribution < -0.4 is 5.32 Å². The number of aryl methyl sites for hydroxylation is 1. The van der Waals surface area contributed by atoms with Gasteiger partial charge in [0.2, 0.25) is 0 Å². The minimum atomic E-state index is 0.171. The van der Waals surface area contributed by atoms with Crippen molar-refractivity contribution in [2.24, 2.45) is 0 Å². The van der Waals surface area contributed by atoms with E-state index in [2.05, 4.69) is 33.5 Å². The number of likely N-dealkylation sites (N-methyl/N-ethyl adjacent to an activating group) is 1. The van der Waals surface area contributed by atoms with Crippen LogP contribution in [0.2, 0.25) is 0 Å². The van der Waals surface area contributed by atoms with Crippen molar-refractivity contribution in [3.63, 3.8) is 0 Å². The van der Waals surface area contributed by atoms with Crippen LogP contribution in [0.4, 0.5) is 0 Å². The minimum Gasteiger partial charge on any atom is -0.313 e. The third kappa shape index (κ3) is 2.67. The molecule has 0 saturated heterocycles. The molecule has 3 aromatic rings. The van der Waals surface area contributed by atoms with E-state index in [1.807, 2.05) is 40.8 Å². The molecule has 21 heavy (non-hydrogen) atoms. The van der Waals surface area contributed by atoms with Crippen LogP contribution in [0, 0.1) is 0 Å². The highest BCUT2D eigenvalue weighted by molar-refractivity contribution is 5.55. The van der Waals surface area contributed by atoms with Crippen molar-refractivity contribution >= 4 is 5.52 Å². The van der Waals surface area contributed by atoms with Gasteiger partial charge in [0, 0.05) is 30.8 Å². The molecule has 110 valence electrons. The zero-order chi connectivity index (χ0) is 14.7. The van der Waals surface area contributed by atoms with Crippen LogP contribution in [-0.2, 0) is 13.0 Å². The van der Waals surface area contributed by atoms with Crippen LogP contribution in [0.25, 0.3) is 5.52 Å². The maximum absolute atomic E-state index is 4.41. The van der Waals surface area contributed by atoms with Crippen LogP contribution >= 0.6 is 0 Å². The summed E-state index contributed by atoms with van der Waals surface area (Å²) in [6.07, 6.45) is 7.38. The normalized spacial score (nSPS) is 12.9. The molecule has 3 rings (SSSR count). The van der Waals surface area contributed by atoms with E-state index in [0.717, 1.165) is 30.7 Å². The first kappa shape index (κ1) is 13.8. The summed E-state index contributed by atoms with van der Waals surface area (Å²) in [4.78, 5) is 4.40. The Balaban J connectivity index is 1.90. The Morgan fingerprint density at radius 1 is 1.29 bits per heavy atom. The molecule has 0 aliphatic heterocycles. The van der Waals surface area contributed by atoms with Crippen molar-refractivity contribution in [2.75, 3.05) is 7.05 Å². The summed E-state index contributed by atoms with van der Waals surface area (Å²) < 4.78 is 3.88. The largest absolute Gasteiger partial charge is 0.313 e. The van der Waals surface area contributed by atoms with E-state index in [-0.39, 0.29) is 6.04 Å². The van der Waals surface area contributed by atoms with Crippen molar-refractivity contribution < 1.29 is 0 Å². The summed E-state index contributed by atoms with van der Waals surface area (Å²) in [5.41, 5.74) is 2.31. The van der Waals surface area contributed by atoms with Gasteiger partial charge in [0.05, 0.1) is 11.7 Å². The third-order valence-corrected chi connectivity index (χ3v) is 3.70. The molecule has 1 atom stereocenters. The van der Waals surface area contributed by atoms with Gasteiger partial charge in [-0.2, -0.15) is 10.2 Å². The maximum Gasteiger partial charge on any atom is 0.138 e. The second-order valence-corrected chi connectivity index (χ2v) is 5.08. The molecule has 1 unspecified atom stereocenters. The Morgan fingerprint density at radius 3 is 3.00 bits per heavy atom. The molecule has 3 aromatic heterocycles. The SMILES string of the molecule is CCCn1ncnc1CC(NC)c1cnn2ccccc12. The number of hydrogen-bond acceptors (Lipinski definition) is 4.